The number of sulfonamides is 1. The summed E-state index contributed by atoms with van der Waals surface area (Å²) in [4.78, 5) is 12.8. The smallest absolute Gasteiger partial charge is 0.258 e. The van der Waals surface area contributed by atoms with Crippen LogP contribution in [-0.4, -0.2) is 37.4 Å². The Bertz CT molecular complexity index is 1300. The van der Waals surface area contributed by atoms with Gasteiger partial charge in [0.1, 0.15) is 24.2 Å². The van der Waals surface area contributed by atoms with Gasteiger partial charge >= 0.3 is 0 Å². The summed E-state index contributed by atoms with van der Waals surface area (Å²) in [5.74, 6) is -0.159. The normalized spacial score (nSPS) is 16.5. The zero-order valence-electron chi connectivity index (χ0n) is 18.6. The molecule has 0 unspecified atom stereocenters. The zero-order valence-corrected chi connectivity index (χ0v) is 20.2. The van der Waals surface area contributed by atoms with Gasteiger partial charge in [0.05, 0.1) is 11.1 Å². The van der Waals surface area contributed by atoms with E-state index in [2.05, 4.69) is 10.5 Å². The first-order valence-corrected chi connectivity index (χ1v) is 12.7. The molecule has 1 aliphatic heterocycles. The highest BCUT2D eigenvalue weighted by Gasteiger charge is 2.39. The monoisotopic (exact) mass is 515 g/mol. The second-order valence-electron chi connectivity index (χ2n) is 7.95. The minimum atomic E-state index is -3.83. The lowest BCUT2D eigenvalue weighted by Gasteiger charge is -2.22. The van der Waals surface area contributed by atoms with Crippen LogP contribution in [0.5, 0.6) is 5.75 Å². The SMILES string of the molecule is O=C(N/N=C\c1ccc(OCc2ccc(F)cc2)cc1)[C@@H]1CCCN1S(=O)(=O)c1ccc(Cl)cc1. The number of carbonyl (C=O) groups excluding carboxylic acids is 1. The maximum Gasteiger partial charge on any atom is 0.258 e. The van der Waals surface area contributed by atoms with Crippen LogP contribution in [0.15, 0.2) is 82.8 Å². The Morgan fingerprint density at radius 2 is 1.77 bits per heavy atom. The standard InChI is InChI=1S/C25H23ClFN3O4S/c26-20-7-13-23(14-8-20)35(32,33)30-15-1-2-24(30)25(31)29-28-16-18-5-11-22(12-6-18)34-17-19-3-9-21(27)10-4-19/h3-14,16,24H,1-2,15,17H2,(H,29,31)/b28-16-/t24-/m0/s1. The lowest BCUT2D eigenvalue weighted by Crippen LogP contribution is -2.44. The molecule has 35 heavy (non-hydrogen) atoms. The van der Waals surface area contributed by atoms with Crippen LogP contribution in [0, 0.1) is 5.82 Å². The molecule has 0 radical (unpaired) electrons. The van der Waals surface area contributed by atoms with Crippen LogP contribution in [-0.2, 0) is 21.4 Å². The van der Waals surface area contributed by atoms with E-state index in [1.54, 1.807) is 36.4 Å². The highest BCUT2D eigenvalue weighted by molar-refractivity contribution is 7.89. The number of hydrogen-bond donors (Lipinski definition) is 1. The summed E-state index contributed by atoms with van der Waals surface area (Å²) in [7, 11) is -3.83. The molecule has 7 nitrogen and oxygen atoms in total. The summed E-state index contributed by atoms with van der Waals surface area (Å²) in [6, 6.07) is 18.1. The van der Waals surface area contributed by atoms with Crippen molar-refractivity contribution < 1.29 is 22.3 Å². The number of amides is 1. The fourth-order valence-corrected chi connectivity index (χ4v) is 5.46. The first kappa shape index (κ1) is 24.8. The Labute approximate surface area is 208 Å². The van der Waals surface area contributed by atoms with Gasteiger partial charge < -0.3 is 4.74 Å². The number of nitrogens with zero attached hydrogens (tertiary/aromatic N) is 2. The van der Waals surface area contributed by atoms with Gasteiger partial charge in [0.25, 0.3) is 5.91 Å². The number of ether oxygens (including phenoxy) is 1. The lowest BCUT2D eigenvalue weighted by molar-refractivity contribution is -0.124. The number of hydrogen-bond acceptors (Lipinski definition) is 5. The van der Waals surface area contributed by atoms with Gasteiger partial charge in [-0.2, -0.15) is 9.41 Å². The van der Waals surface area contributed by atoms with Crippen molar-refractivity contribution in [2.45, 2.75) is 30.4 Å². The first-order valence-electron chi connectivity index (χ1n) is 10.9. The topological polar surface area (TPSA) is 88.1 Å². The highest BCUT2D eigenvalue weighted by Crippen LogP contribution is 2.27. The third-order valence-electron chi connectivity index (χ3n) is 5.51. The predicted molar refractivity (Wildman–Crippen MR) is 131 cm³/mol. The van der Waals surface area contributed by atoms with E-state index in [0.29, 0.717) is 30.2 Å². The Hall–Kier alpha value is -3.27. The van der Waals surface area contributed by atoms with E-state index in [0.717, 1.165) is 11.1 Å². The fourth-order valence-electron chi connectivity index (χ4n) is 3.67. The van der Waals surface area contributed by atoms with Crippen LogP contribution >= 0.6 is 11.6 Å². The van der Waals surface area contributed by atoms with Crippen LogP contribution < -0.4 is 10.2 Å². The summed E-state index contributed by atoms with van der Waals surface area (Å²) in [5, 5.41) is 4.41. The van der Waals surface area contributed by atoms with Crippen LogP contribution in [0.25, 0.3) is 0 Å². The summed E-state index contributed by atoms with van der Waals surface area (Å²) in [6.45, 7) is 0.562. The van der Waals surface area contributed by atoms with Gasteiger partial charge in [0.2, 0.25) is 10.0 Å². The second kappa shape index (κ2) is 11.0. The lowest BCUT2D eigenvalue weighted by atomic mass is 10.2. The van der Waals surface area contributed by atoms with Crippen molar-refractivity contribution in [3.63, 3.8) is 0 Å². The summed E-state index contributed by atoms with van der Waals surface area (Å²) >= 11 is 5.86. The number of benzene rings is 3. The molecule has 3 aromatic rings. The Morgan fingerprint density at radius 3 is 2.46 bits per heavy atom. The quantitative estimate of drug-likeness (QED) is 0.356. The molecular weight excluding hydrogens is 493 g/mol. The molecule has 0 bridgehead atoms. The van der Waals surface area contributed by atoms with Gasteiger partial charge in [-0.15, -0.1) is 0 Å². The van der Waals surface area contributed by atoms with E-state index < -0.39 is 22.0 Å². The van der Waals surface area contributed by atoms with Crippen molar-refractivity contribution in [2.75, 3.05) is 6.54 Å². The van der Waals surface area contributed by atoms with Crippen molar-refractivity contribution in [2.24, 2.45) is 5.10 Å². The Kier molecular flexibility index (Phi) is 7.80. The minimum Gasteiger partial charge on any atom is -0.489 e. The molecule has 1 amide bonds. The highest BCUT2D eigenvalue weighted by atomic mass is 35.5. The second-order valence-corrected chi connectivity index (χ2v) is 10.3. The van der Waals surface area contributed by atoms with Gasteiger partial charge in [-0.25, -0.2) is 18.2 Å². The van der Waals surface area contributed by atoms with E-state index >= 15 is 0 Å². The largest absolute Gasteiger partial charge is 0.489 e. The molecular formula is C25H23ClFN3O4S. The van der Waals surface area contributed by atoms with E-state index in [-0.39, 0.29) is 17.3 Å². The van der Waals surface area contributed by atoms with Gasteiger partial charge in [0.15, 0.2) is 0 Å². The molecule has 0 aromatic heterocycles. The molecule has 10 heteroatoms. The predicted octanol–water partition coefficient (Wildman–Crippen LogP) is 4.36. The molecule has 1 saturated heterocycles. The fraction of sp³-hybridized carbons (Fsp3) is 0.200. The van der Waals surface area contributed by atoms with Crippen molar-refractivity contribution in [1.29, 1.82) is 0 Å². The van der Waals surface area contributed by atoms with Crippen molar-refractivity contribution in [3.8, 4) is 5.75 Å². The minimum absolute atomic E-state index is 0.0897. The molecule has 0 aliphatic carbocycles. The van der Waals surface area contributed by atoms with Crippen LogP contribution in [0.2, 0.25) is 5.02 Å². The average molecular weight is 516 g/mol. The van der Waals surface area contributed by atoms with Gasteiger partial charge in [-0.3, -0.25) is 4.79 Å². The Balaban J connectivity index is 1.32. The summed E-state index contributed by atoms with van der Waals surface area (Å²) in [6.07, 6.45) is 2.46. The third-order valence-corrected chi connectivity index (χ3v) is 7.69. The molecule has 1 heterocycles. The molecule has 0 spiro atoms. The number of rotatable bonds is 8. The van der Waals surface area contributed by atoms with Gasteiger partial charge in [-0.1, -0.05) is 23.7 Å². The number of halogens is 2. The molecule has 3 aromatic carbocycles. The Morgan fingerprint density at radius 1 is 1.09 bits per heavy atom. The first-order chi connectivity index (χ1) is 16.8. The van der Waals surface area contributed by atoms with Crippen LogP contribution in [0.4, 0.5) is 4.39 Å². The van der Waals surface area contributed by atoms with Crippen molar-refractivity contribution in [1.82, 2.24) is 9.73 Å². The zero-order chi connectivity index (χ0) is 24.8. The number of nitrogens with one attached hydrogen (secondary N) is 1. The van der Waals surface area contributed by atoms with Crippen molar-refractivity contribution in [3.05, 3.63) is 94.8 Å². The van der Waals surface area contributed by atoms with Gasteiger partial charge in [0, 0.05) is 11.6 Å². The van der Waals surface area contributed by atoms with Crippen LogP contribution in [0.1, 0.15) is 24.0 Å². The maximum absolute atomic E-state index is 13.0. The number of carbonyl (C=O) groups is 1. The summed E-state index contributed by atoms with van der Waals surface area (Å²) < 4.78 is 45.8. The third kappa shape index (κ3) is 6.25. The summed E-state index contributed by atoms with van der Waals surface area (Å²) in [5.41, 5.74) is 4.01. The maximum atomic E-state index is 13.0. The van der Waals surface area contributed by atoms with Crippen molar-refractivity contribution >= 4 is 33.7 Å². The van der Waals surface area contributed by atoms with E-state index in [9.17, 15) is 17.6 Å². The van der Waals surface area contributed by atoms with E-state index in [1.807, 2.05) is 0 Å². The van der Waals surface area contributed by atoms with Gasteiger partial charge in [-0.05, 0) is 84.6 Å². The number of hydrazone groups is 1. The molecule has 4 rings (SSSR count). The molecule has 1 N–H and O–H groups in total. The average Bonchev–Trinajstić information content (AvgIpc) is 3.36. The molecule has 1 atom stereocenters. The van der Waals surface area contributed by atoms with Crippen LogP contribution in [0.3, 0.4) is 0 Å². The van der Waals surface area contributed by atoms with E-state index in [1.165, 1.54) is 46.9 Å². The molecule has 1 aliphatic rings. The molecule has 182 valence electrons. The molecule has 1 fully saturated rings. The van der Waals surface area contributed by atoms with E-state index in [4.69, 9.17) is 16.3 Å². The molecule has 0 saturated carbocycles.